The molecular formula is C91H147F3N15O31P5S. The van der Waals surface area contributed by atoms with Gasteiger partial charge in [0.1, 0.15) is 96.3 Å². The largest absolute Gasteiger partial charge is 0.471 e. The van der Waals surface area contributed by atoms with Crippen LogP contribution in [0.2, 0.25) is 0 Å². The van der Waals surface area contributed by atoms with Gasteiger partial charge in [-0.3, -0.25) is 100 Å². The number of hydrogen-bond acceptors (Lipinski definition) is 36. The van der Waals surface area contributed by atoms with E-state index in [0.717, 1.165) is 44.5 Å². The molecule has 0 spiro atoms. The lowest BCUT2D eigenvalue weighted by Crippen LogP contribution is -2.46. The molecule has 1 unspecified atom stereocenters. The van der Waals surface area contributed by atoms with Gasteiger partial charge in [-0.05, 0) is 190 Å². The van der Waals surface area contributed by atoms with Crippen molar-refractivity contribution in [3.63, 3.8) is 0 Å². The van der Waals surface area contributed by atoms with Crippen molar-refractivity contribution in [1.82, 2.24) is 73.9 Å². The molecule has 5 fully saturated rings. The van der Waals surface area contributed by atoms with Gasteiger partial charge in [0.25, 0.3) is 27.8 Å². The number of nitrogens with zero attached hydrogens (tertiary/aromatic N) is 6. The number of aliphatic hydroxyl groups excluding tert-OH is 9. The van der Waals surface area contributed by atoms with E-state index in [9.17, 15) is 131 Å². The molecule has 0 bridgehead atoms. The summed E-state index contributed by atoms with van der Waals surface area (Å²) in [6.45, 7) is 22.7. The van der Waals surface area contributed by atoms with E-state index in [-0.39, 0.29) is 107 Å². The van der Waals surface area contributed by atoms with Gasteiger partial charge in [0.15, 0.2) is 35.9 Å². The van der Waals surface area contributed by atoms with E-state index < -0.39 is 244 Å². The summed E-state index contributed by atoms with van der Waals surface area (Å²) >= 11 is 5.20. The number of ether oxygens (including phenoxy) is 7. The smallest absolute Gasteiger partial charge is 0.459 e. The van der Waals surface area contributed by atoms with Gasteiger partial charge in [0.05, 0.1) is 68.8 Å². The van der Waals surface area contributed by atoms with E-state index in [1.165, 1.54) is 89.5 Å². The predicted molar refractivity (Wildman–Crippen MR) is 559 cm³/mol. The number of carbonyl (C=O) groups excluding carboxylic acids is 6. The molecule has 5 saturated heterocycles. The molecular weight excluding hydrogens is 2040 g/mol. The molecule has 1 amide bonds. The third-order valence-electron chi connectivity index (χ3n) is 23.0. The third kappa shape index (κ3) is 39.3. The highest BCUT2D eigenvalue weighted by molar-refractivity contribution is 7.73. The molecule has 5 aromatic rings. The SMILES string of the molecule is C=P(C)(C)CC[C@H]1OC(n2cc(CNCC(C)=O)c(=O)[nH]c2=O)[C@H](O)[C@@H]1O.C=P(C)(C)CC[C@H]1O[C@@H](n2cc(CN(CC(=O)OC(C)(C)C)C(=O)C(F)(F)F)c(=O)[nH]c2=O)[C@H](O)[C@@H]1O.C=P(C)(C)CC[C@H]1O[C@@H](n2cc(CNCC(C)=O)c(=O)[nH]c2=O)[C@H](O)[C@@H]1O.C=P(C)(C)CC[C@H]1O[C@@H](n2cc(CNCC(C)=O)c(=O)[nH]c2=O)[C@H](OC)[C@@H]1O.C=P(C)(C)CC[C@H]1O[C@@H](n2cc(CNCC(C)=O)c(=O)[nH]c2=S)[C@H](O)[C@@H]1O. The van der Waals surface area contributed by atoms with Crippen molar-refractivity contribution in [3.8, 4) is 0 Å². The zero-order valence-electron chi connectivity index (χ0n) is 85.6. The van der Waals surface area contributed by atoms with Crippen LogP contribution in [-0.2, 0) is 94.6 Å². The molecule has 5 aliphatic rings. The number of hydrogen-bond donors (Lipinski definition) is 18. The van der Waals surface area contributed by atoms with Crippen molar-refractivity contribution >= 4 is 113 Å². The van der Waals surface area contributed by atoms with Gasteiger partial charge in [0.2, 0.25) is 0 Å². The number of esters is 1. The maximum Gasteiger partial charge on any atom is 0.471 e. The number of alkyl halides is 3. The van der Waals surface area contributed by atoms with Crippen LogP contribution in [0.1, 0.15) is 140 Å². The van der Waals surface area contributed by atoms with E-state index >= 15 is 0 Å². The van der Waals surface area contributed by atoms with Gasteiger partial charge in [-0.25, -0.2) is 19.2 Å². The number of amides is 1. The standard InChI is InChI=1S/C22H33F3N3O8P.C18H30N3O6P.2C17H28N3O6P.C17H28N3O5PS/c1-21(2,3)36-14(29)11-27(19(33)22(23,24)25)9-12-10-28(20(34)26-17(12)32)18-16(31)15(30)13(35-18)7-8-37(4,5)6;1-11(22)8-19-9-12-10-21(18(25)20-16(12)24)17-15(26-2)14(23)13(27-17)6-7-28(3,4)5;2*1-10(21)7-18-8-11-9-20(17(25)19-15(11)24)16-14(23)13(22)12(26-16)5-6-27(2,3)4;1-10(21)7-18-8-11-9-20(17(27)19-15(11)24)16-14(23)13(22)12(25-16)5-6-26(2,3)4/h10,13,15-16,18,30-31H,4,7-9,11H2,1-3,5-6H3,(H,26,32,34);10,13-15,17,19,23H,3,6-9H2,1-2,4-5H3,(H,20,24,25);2*9,12-14,16,18,22-23H,2,5-8H2,1,3-4H3,(H,19,24,25);9,12-14,16,18,22-23H,2,5-8H2,1,3-4H3,(H,19,24,27)/t13-,15-,16-,18-;13-,14-,15-,17-;12-,13-,14-,16?;2*12-,13-,14-,16-/m11111/s1. The van der Waals surface area contributed by atoms with Crippen molar-refractivity contribution < 1.29 is 121 Å². The Bertz CT molecular complexity index is 5950. The number of Topliss-reactive ketones (excluding diaryl/α,β-unsaturated/α-hetero) is 4. The topological polar surface area (TPSA) is 658 Å². The van der Waals surface area contributed by atoms with E-state index in [0.29, 0.717) is 43.8 Å². The summed E-state index contributed by atoms with van der Waals surface area (Å²) in [6, 6.07) is 0. The van der Waals surface area contributed by atoms with E-state index in [2.05, 4.69) is 126 Å². The molecule has 0 aliphatic carbocycles. The van der Waals surface area contributed by atoms with Crippen molar-refractivity contribution in [2.45, 2.75) is 248 Å². The number of halogens is 3. The molecule has 10 heterocycles. The van der Waals surface area contributed by atoms with Gasteiger partial charge < -0.3 is 105 Å². The number of aromatic nitrogens is 10. The first-order valence-corrected chi connectivity index (χ1v) is 62.3. The fourth-order valence-electron chi connectivity index (χ4n) is 15.4. The Morgan fingerprint density at radius 1 is 0.390 bits per heavy atom. The molecule has 46 nitrogen and oxygen atoms in total. The summed E-state index contributed by atoms with van der Waals surface area (Å²) in [5.74, 6) is -3.83. The number of methoxy groups -OCH3 is 1. The van der Waals surface area contributed by atoms with Crippen LogP contribution in [0.3, 0.4) is 0 Å². The van der Waals surface area contributed by atoms with Gasteiger partial charge in [0, 0.05) is 86.5 Å². The normalized spacial score (nSPS) is 24.8. The molecule has 10 rings (SSSR count). The van der Waals surface area contributed by atoms with Crippen LogP contribution < -0.4 is 71.8 Å². The first-order valence-electron chi connectivity index (χ1n) is 46.6. The maximum absolute atomic E-state index is 13.2. The van der Waals surface area contributed by atoms with Crippen molar-refractivity contribution in [1.29, 1.82) is 0 Å². The maximum atomic E-state index is 13.2. The Morgan fingerprint density at radius 3 is 0.877 bits per heavy atom. The minimum absolute atomic E-state index is 0.0455. The number of ketones is 4. The van der Waals surface area contributed by atoms with Gasteiger partial charge in [-0.15, -0.1) is 65.9 Å². The van der Waals surface area contributed by atoms with Crippen molar-refractivity contribution in [3.05, 3.63) is 157 Å². The highest BCUT2D eigenvalue weighted by Gasteiger charge is 2.51. The van der Waals surface area contributed by atoms with E-state index in [4.69, 9.17) is 45.4 Å². The number of H-pyrrole nitrogens is 5. The van der Waals surface area contributed by atoms with Crippen LogP contribution in [0.15, 0.2) is 74.1 Å². The summed E-state index contributed by atoms with van der Waals surface area (Å²) in [5.41, 5.74) is -6.86. The number of aromatic amines is 5. The summed E-state index contributed by atoms with van der Waals surface area (Å²) in [7, 11) is 1.44. The second-order valence-electron chi connectivity index (χ2n) is 41.3. The Balaban J connectivity index is 0.000000280. The van der Waals surface area contributed by atoms with Crippen LogP contribution in [0.4, 0.5) is 13.2 Å². The van der Waals surface area contributed by atoms with Crippen molar-refractivity contribution in [2.24, 2.45) is 0 Å². The van der Waals surface area contributed by atoms with Gasteiger partial charge >= 0.3 is 40.8 Å². The molecule has 18 N–H and O–H groups in total. The number of carbonyl (C=O) groups is 6. The van der Waals surface area contributed by atoms with E-state index in [1.807, 2.05) is 18.3 Å². The molecule has 55 heteroatoms. The second kappa shape index (κ2) is 54.3. The van der Waals surface area contributed by atoms with Crippen molar-refractivity contribution in [2.75, 3.05) is 137 Å². The van der Waals surface area contributed by atoms with Crippen LogP contribution in [0, 0.1) is 4.77 Å². The zero-order chi connectivity index (χ0) is 111. The van der Waals surface area contributed by atoms with Crippen LogP contribution in [-0.4, -0.2) is 406 Å². The van der Waals surface area contributed by atoms with Crippen LogP contribution in [0.25, 0.3) is 0 Å². The third-order valence-corrected chi connectivity index (χ3v) is 30.7. The molecule has 0 saturated carbocycles. The molecule has 146 heavy (non-hydrogen) atoms. The average Bonchev–Trinajstić information content (AvgIpc) is 1.66. The number of aliphatic hydroxyl groups is 9. The Kier molecular flexibility index (Phi) is 47.1. The lowest BCUT2D eigenvalue weighted by Gasteiger charge is -2.26. The summed E-state index contributed by atoms with van der Waals surface area (Å²) < 4.78 is 84.6. The monoisotopic (exact) mass is 2190 g/mol. The second-order valence-corrected chi connectivity index (χ2v) is 63.2. The minimum Gasteiger partial charge on any atom is -0.459 e. The summed E-state index contributed by atoms with van der Waals surface area (Å²) in [5, 5.41) is 105. The molecule has 0 radical (unpaired) electrons. The molecule has 0 aromatic carbocycles. The first kappa shape index (κ1) is 127. The summed E-state index contributed by atoms with van der Waals surface area (Å²) in [4.78, 5) is 189. The van der Waals surface area contributed by atoms with Gasteiger partial charge in [-0.2, -0.15) is 13.2 Å². The van der Waals surface area contributed by atoms with Gasteiger partial charge in [-0.1, -0.05) is 0 Å². The Morgan fingerprint density at radius 2 is 0.623 bits per heavy atom. The van der Waals surface area contributed by atoms with Crippen LogP contribution >= 0.6 is 46.6 Å². The van der Waals surface area contributed by atoms with E-state index in [1.54, 1.807) is 0 Å². The highest BCUT2D eigenvalue weighted by Crippen LogP contribution is 2.45. The quantitative estimate of drug-likeness (QED) is 0.0117. The molecule has 5 aromatic heterocycles. The lowest BCUT2D eigenvalue weighted by atomic mass is 10.1. The minimum atomic E-state index is -5.37. The summed E-state index contributed by atoms with van der Waals surface area (Å²) in [6.07, 6.45) is 7.59. The predicted octanol–water partition coefficient (Wildman–Crippen LogP) is -1.75. The first-order chi connectivity index (χ1) is 67.2. The molecule has 20 atom stereocenters. The number of rotatable bonds is 41. The van der Waals surface area contributed by atoms with Crippen LogP contribution in [0.5, 0.6) is 0 Å². The average molecular weight is 2190 g/mol. The number of nitrogens with one attached hydrogen (secondary N) is 9. The fourth-order valence-corrected chi connectivity index (χ4v) is 20.4. The molecule has 5 aliphatic heterocycles. The highest BCUT2D eigenvalue weighted by atomic mass is 32.1. The fraction of sp³-hybridized carbons (Fsp3) is 0.659. The Labute approximate surface area is 846 Å². The Hall–Kier alpha value is -8.03. The molecule has 824 valence electrons. The zero-order valence-corrected chi connectivity index (χ0v) is 90.9. The lowest BCUT2D eigenvalue weighted by molar-refractivity contribution is -0.188.